The number of nitrogens with one attached hydrogen (secondary N) is 2. The van der Waals surface area contributed by atoms with Gasteiger partial charge in [-0.2, -0.15) is 13.5 Å². The smallest absolute Gasteiger partial charge is 0.276 e. The average molecular weight is 293 g/mol. The molecular weight excluding hydrogens is 278 g/mol. The Kier molecular flexibility index (Phi) is 4.41. The maximum Gasteiger partial charge on any atom is 0.276 e. The van der Waals surface area contributed by atoms with E-state index in [1.807, 2.05) is 6.92 Å². The van der Waals surface area contributed by atoms with E-state index >= 15 is 0 Å². The molecule has 7 heteroatoms. The van der Waals surface area contributed by atoms with Crippen molar-refractivity contribution in [2.75, 3.05) is 6.61 Å². The van der Waals surface area contributed by atoms with Crippen LogP contribution in [0.15, 0.2) is 52.6 Å². The highest BCUT2D eigenvalue weighted by atomic mass is 32.2. The summed E-state index contributed by atoms with van der Waals surface area (Å²) in [5.74, 6) is 0.626. The Labute approximate surface area is 117 Å². The minimum Gasteiger partial charge on any atom is -0.494 e. The van der Waals surface area contributed by atoms with Crippen molar-refractivity contribution in [2.24, 2.45) is 5.10 Å². The quantitative estimate of drug-likeness (QED) is 0.628. The second-order valence-corrected chi connectivity index (χ2v) is 5.54. The maximum absolute atomic E-state index is 12.0. The summed E-state index contributed by atoms with van der Waals surface area (Å²) in [5.41, 5.74) is 0.708. The lowest BCUT2D eigenvalue weighted by atomic mass is 10.3. The van der Waals surface area contributed by atoms with E-state index in [9.17, 15) is 8.42 Å². The van der Waals surface area contributed by atoms with Crippen LogP contribution in [-0.4, -0.2) is 26.2 Å². The molecule has 0 unspecified atom stereocenters. The lowest BCUT2D eigenvalue weighted by Gasteiger charge is -2.05. The van der Waals surface area contributed by atoms with Gasteiger partial charge in [0.25, 0.3) is 10.0 Å². The molecule has 106 valence electrons. The molecule has 1 aromatic heterocycles. The molecule has 0 atom stereocenters. The van der Waals surface area contributed by atoms with Gasteiger partial charge in [-0.3, -0.25) is 0 Å². The lowest BCUT2D eigenvalue weighted by Crippen LogP contribution is -2.18. The van der Waals surface area contributed by atoms with Crippen molar-refractivity contribution < 1.29 is 13.2 Å². The molecule has 0 aliphatic carbocycles. The molecule has 0 saturated carbocycles. The van der Waals surface area contributed by atoms with Gasteiger partial charge in [0.2, 0.25) is 0 Å². The number of aromatic nitrogens is 1. The summed E-state index contributed by atoms with van der Waals surface area (Å²) >= 11 is 0. The molecule has 1 aromatic carbocycles. The van der Waals surface area contributed by atoms with Crippen LogP contribution in [0.3, 0.4) is 0 Å². The van der Waals surface area contributed by atoms with Gasteiger partial charge in [0.05, 0.1) is 23.4 Å². The number of nitrogens with zero attached hydrogens (tertiary/aromatic N) is 1. The van der Waals surface area contributed by atoms with Gasteiger partial charge in [0.15, 0.2) is 0 Å². The fourth-order valence-electron chi connectivity index (χ4n) is 1.52. The van der Waals surface area contributed by atoms with Gasteiger partial charge in [-0.1, -0.05) is 0 Å². The first kappa shape index (κ1) is 14.1. The van der Waals surface area contributed by atoms with Crippen LogP contribution in [0.1, 0.15) is 12.6 Å². The first-order chi connectivity index (χ1) is 9.62. The van der Waals surface area contributed by atoms with E-state index in [1.165, 1.54) is 18.3 Å². The summed E-state index contributed by atoms with van der Waals surface area (Å²) < 4.78 is 29.2. The van der Waals surface area contributed by atoms with E-state index < -0.39 is 10.0 Å². The molecule has 2 rings (SSSR count). The summed E-state index contributed by atoms with van der Waals surface area (Å²) in [7, 11) is -3.66. The number of hydrogen-bond donors (Lipinski definition) is 2. The van der Waals surface area contributed by atoms with Crippen molar-refractivity contribution in [1.29, 1.82) is 0 Å². The molecule has 0 spiro atoms. The molecule has 6 nitrogen and oxygen atoms in total. The van der Waals surface area contributed by atoms with Crippen LogP contribution in [0.5, 0.6) is 5.75 Å². The molecule has 20 heavy (non-hydrogen) atoms. The SMILES string of the molecule is CCOc1ccc(S(=O)(=O)NN=Cc2ccc[nH]2)cc1. The summed E-state index contributed by atoms with van der Waals surface area (Å²) in [4.78, 5) is 5.16. The maximum atomic E-state index is 12.0. The van der Waals surface area contributed by atoms with Crippen molar-refractivity contribution in [3.63, 3.8) is 0 Å². The normalized spacial score (nSPS) is 11.7. The minimum absolute atomic E-state index is 0.129. The number of ether oxygens (including phenoxy) is 1. The molecule has 0 radical (unpaired) electrons. The molecule has 0 fully saturated rings. The second-order valence-electron chi connectivity index (χ2n) is 3.88. The first-order valence-corrected chi connectivity index (χ1v) is 7.51. The topological polar surface area (TPSA) is 83.6 Å². The zero-order valence-corrected chi connectivity index (χ0v) is 11.7. The monoisotopic (exact) mass is 293 g/mol. The molecule has 1 heterocycles. The summed E-state index contributed by atoms with van der Waals surface area (Å²) in [6, 6.07) is 9.71. The van der Waals surface area contributed by atoms with Gasteiger partial charge in [-0.25, -0.2) is 4.83 Å². The van der Waals surface area contributed by atoms with Gasteiger partial charge in [0, 0.05) is 6.20 Å². The van der Waals surface area contributed by atoms with Gasteiger partial charge in [0.1, 0.15) is 5.75 Å². The molecule has 0 bridgehead atoms. The Bertz CT molecular complexity index is 661. The summed E-state index contributed by atoms with van der Waals surface area (Å²) in [5, 5.41) is 3.70. The molecule has 0 aliphatic rings. The van der Waals surface area contributed by atoms with Crippen LogP contribution in [0.2, 0.25) is 0 Å². The number of hydrogen-bond acceptors (Lipinski definition) is 4. The Hall–Kier alpha value is -2.28. The number of benzene rings is 1. The van der Waals surface area contributed by atoms with Crippen LogP contribution < -0.4 is 9.57 Å². The summed E-state index contributed by atoms with van der Waals surface area (Å²) in [6.45, 7) is 2.40. The highest BCUT2D eigenvalue weighted by molar-refractivity contribution is 7.89. The van der Waals surface area contributed by atoms with Crippen LogP contribution in [0.25, 0.3) is 0 Å². The number of aromatic amines is 1. The van der Waals surface area contributed by atoms with Crippen molar-refractivity contribution in [2.45, 2.75) is 11.8 Å². The zero-order valence-electron chi connectivity index (χ0n) is 10.9. The van der Waals surface area contributed by atoms with Gasteiger partial charge < -0.3 is 9.72 Å². The van der Waals surface area contributed by atoms with Gasteiger partial charge in [-0.05, 0) is 43.3 Å². The van der Waals surface area contributed by atoms with E-state index in [0.29, 0.717) is 18.1 Å². The molecule has 0 saturated heterocycles. The van der Waals surface area contributed by atoms with Crippen LogP contribution in [0, 0.1) is 0 Å². The minimum atomic E-state index is -3.66. The Balaban J connectivity index is 2.06. The Morgan fingerprint density at radius 3 is 2.65 bits per heavy atom. The highest BCUT2D eigenvalue weighted by Gasteiger charge is 2.12. The molecule has 0 aliphatic heterocycles. The largest absolute Gasteiger partial charge is 0.494 e. The number of rotatable bonds is 6. The predicted octanol–water partition coefficient (Wildman–Crippen LogP) is 1.73. The molecule has 2 aromatic rings. The average Bonchev–Trinajstić information content (AvgIpc) is 2.93. The van der Waals surface area contributed by atoms with Crippen molar-refractivity contribution in [3.8, 4) is 5.75 Å². The van der Waals surface area contributed by atoms with Gasteiger partial charge >= 0.3 is 0 Å². The third kappa shape index (κ3) is 3.61. The fraction of sp³-hybridized carbons (Fsp3) is 0.154. The van der Waals surface area contributed by atoms with Gasteiger partial charge in [-0.15, -0.1) is 0 Å². The number of H-pyrrole nitrogens is 1. The van der Waals surface area contributed by atoms with E-state index in [1.54, 1.807) is 30.5 Å². The summed E-state index contributed by atoms with van der Waals surface area (Å²) in [6.07, 6.45) is 3.12. The van der Waals surface area contributed by atoms with Crippen molar-refractivity contribution >= 4 is 16.2 Å². The van der Waals surface area contributed by atoms with E-state index in [4.69, 9.17) is 4.74 Å². The van der Waals surface area contributed by atoms with E-state index in [-0.39, 0.29) is 4.90 Å². The van der Waals surface area contributed by atoms with Crippen molar-refractivity contribution in [1.82, 2.24) is 9.82 Å². The predicted molar refractivity (Wildman–Crippen MR) is 76.3 cm³/mol. The fourth-order valence-corrected chi connectivity index (χ4v) is 2.32. The Morgan fingerprint density at radius 2 is 2.05 bits per heavy atom. The standard InChI is InChI=1S/C13H15N3O3S/c1-2-19-12-5-7-13(8-6-12)20(17,18)16-15-10-11-4-3-9-14-11/h3-10,14,16H,2H2,1H3. The van der Waals surface area contributed by atoms with Crippen LogP contribution >= 0.6 is 0 Å². The molecule has 0 amide bonds. The second kappa shape index (κ2) is 6.25. The van der Waals surface area contributed by atoms with Crippen LogP contribution in [-0.2, 0) is 10.0 Å². The number of hydrazone groups is 1. The van der Waals surface area contributed by atoms with E-state index in [0.717, 1.165) is 0 Å². The van der Waals surface area contributed by atoms with Crippen LogP contribution in [0.4, 0.5) is 0 Å². The zero-order chi connectivity index (χ0) is 14.4. The third-order valence-electron chi connectivity index (χ3n) is 2.44. The molecule has 2 N–H and O–H groups in total. The van der Waals surface area contributed by atoms with Crippen molar-refractivity contribution in [3.05, 3.63) is 48.3 Å². The Morgan fingerprint density at radius 1 is 1.30 bits per heavy atom. The molecular formula is C13H15N3O3S. The first-order valence-electron chi connectivity index (χ1n) is 6.03. The van der Waals surface area contributed by atoms with E-state index in [2.05, 4.69) is 14.9 Å². The highest BCUT2D eigenvalue weighted by Crippen LogP contribution is 2.15. The lowest BCUT2D eigenvalue weighted by molar-refractivity contribution is 0.340. The third-order valence-corrected chi connectivity index (χ3v) is 3.68. The number of sulfonamides is 1.